The fourth-order valence-electron chi connectivity index (χ4n) is 2.42. The molecule has 0 saturated carbocycles. The number of hydrogen-bond donors (Lipinski definition) is 1. The van der Waals surface area contributed by atoms with Gasteiger partial charge < -0.3 is 5.32 Å². The molecule has 0 aliphatic carbocycles. The summed E-state index contributed by atoms with van der Waals surface area (Å²) in [5, 5.41) is 7.81. The Hall–Kier alpha value is -1.26. The SMILES string of the molecule is CCNC(c1ccc(C(C)(C)C)cc1)c1snnc1CC. The molecule has 0 radical (unpaired) electrons. The predicted octanol–water partition coefficient (Wildman–Crippen LogP) is 4.10. The summed E-state index contributed by atoms with van der Waals surface area (Å²) in [6.07, 6.45) is 0.924. The van der Waals surface area contributed by atoms with Crippen LogP contribution in [0.3, 0.4) is 0 Å². The normalized spacial score (nSPS) is 13.4. The minimum Gasteiger partial charge on any atom is -0.306 e. The largest absolute Gasteiger partial charge is 0.306 e. The lowest BCUT2D eigenvalue weighted by Crippen LogP contribution is -2.22. The number of benzene rings is 1. The van der Waals surface area contributed by atoms with Crippen LogP contribution >= 0.6 is 11.5 Å². The first kappa shape index (κ1) is 16.1. The van der Waals surface area contributed by atoms with Crippen LogP contribution in [0, 0.1) is 0 Å². The first-order valence-corrected chi connectivity index (χ1v) is 8.39. The Labute approximate surface area is 132 Å². The molecule has 1 aromatic carbocycles. The minimum atomic E-state index is 0.187. The van der Waals surface area contributed by atoms with E-state index in [-0.39, 0.29) is 11.5 Å². The monoisotopic (exact) mass is 303 g/mol. The van der Waals surface area contributed by atoms with E-state index in [0.29, 0.717) is 0 Å². The number of nitrogens with zero attached hydrogens (tertiary/aromatic N) is 2. The molecule has 2 rings (SSSR count). The highest BCUT2D eigenvalue weighted by molar-refractivity contribution is 7.05. The van der Waals surface area contributed by atoms with Crippen molar-refractivity contribution in [3.8, 4) is 0 Å². The van der Waals surface area contributed by atoms with E-state index >= 15 is 0 Å². The van der Waals surface area contributed by atoms with Gasteiger partial charge in [0.15, 0.2) is 0 Å². The van der Waals surface area contributed by atoms with Gasteiger partial charge in [0.05, 0.1) is 16.6 Å². The maximum absolute atomic E-state index is 4.25. The molecule has 0 aliphatic rings. The van der Waals surface area contributed by atoms with E-state index in [1.165, 1.54) is 27.5 Å². The molecular weight excluding hydrogens is 278 g/mol. The average molecular weight is 303 g/mol. The van der Waals surface area contributed by atoms with E-state index in [1.54, 1.807) is 0 Å². The molecule has 0 aliphatic heterocycles. The van der Waals surface area contributed by atoms with Crippen LogP contribution < -0.4 is 5.32 Å². The fourth-order valence-corrected chi connectivity index (χ4v) is 3.26. The first-order chi connectivity index (χ1) is 9.97. The van der Waals surface area contributed by atoms with Gasteiger partial charge in [-0.15, -0.1) is 5.10 Å². The van der Waals surface area contributed by atoms with Gasteiger partial charge in [0.2, 0.25) is 0 Å². The molecule has 0 amide bonds. The van der Waals surface area contributed by atoms with Crippen molar-refractivity contribution in [3.63, 3.8) is 0 Å². The highest BCUT2D eigenvalue weighted by Gasteiger charge is 2.20. The third-order valence-electron chi connectivity index (χ3n) is 3.70. The van der Waals surface area contributed by atoms with Gasteiger partial charge >= 0.3 is 0 Å². The van der Waals surface area contributed by atoms with E-state index in [1.807, 2.05) is 0 Å². The van der Waals surface area contributed by atoms with E-state index in [2.05, 4.69) is 73.8 Å². The lowest BCUT2D eigenvalue weighted by atomic mass is 9.86. The van der Waals surface area contributed by atoms with E-state index in [0.717, 1.165) is 18.7 Å². The van der Waals surface area contributed by atoms with Gasteiger partial charge in [-0.2, -0.15) is 0 Å². The quantitative estimate of drug-likeness (QED) is 0.903. The number of nitrogens with one attached hydrogen (secondary N) is 1. The number of rotatable bonds is 5. The Morgan fingerprint density at radius 1 is 1.14 bits per heavy atom. The fraction of sp³-hybridized carbons (Fsp3) is 0.529. The highest BCUT2D eigenvalue weighted by Crippen LogP contribution is 2.29. The topological polar surface area (TPSA) is 37.8 Å². The molecule has 1 aromatic heterocycles. The Morgan fingerprint density at radius 3 is 2.33 bits per heavy atom. The van der Waals surface area contributed by atoms with Gasteiger partial charge in [0, 0.05) is 0 Å². The second-order valence-corrected chi connectivity index (χ2v) is 7.09. The van der Waals surface area contributed by atoms with Crippen LogP contribution in [0.25, 0.3) is 0 Å². The first-order valence-electron chi connectivity index (χ1n) is 7.62. The van der Waals surface area contributed by atoms with E-state index in [4.69, 9.17) is 0 Å². The van der Waals surface area contributed by atoms with Gasteiger partial charge in [0.25, 0.3) is 0 Å². The zero-order valence-corrected chi connectivity index (χ0v) is 14.4. The average Bonchev–Trinajstić information content (AvgIpc) is 2.92. The summed E-state index contributed by atoms with van der Waals surface area (Å²) in [7, 11) is 0. The van der Waals surface area contributed by atoms with Crippen LogP contribution in [0.5, 0.6) is 0 Å². The van der Waals surface area contributed by atoms with Crippen LogP contribution in [0.15, 0.2) is 24.3 Å². The van der Waals surface area contributed by atoms with Gasteiger partial charge in [-0.05, 0) is 41.0 Å². The molecule has 2 aromatic rings. The summed E-state index contributed by atoms with van der Waals surface area (Å²) in [6, 6.07) is 9.12. The molecule has 3 nitrogen and oxygen atoms in total. The molecular formula is C17H25N3S. The molecule has 4 heteroatoms. The van der Waals surface area contributed by atoms with Crippen molar-refractivity contribution in [3.05, 3.63) is 46.0 Å². The van der Waals surface area contributed by atoms with Gasteiger partial charge in [-0.1, -0.05) is 63.4 Å². The van der Waals surface area contributed by atoms with E-state index < -0.39 is 0 Å². The van der Waals surface area contributed by atoms with Crippen LogP contribution in [-0.4, -0.2) is 16.1 Å². The molecule has 1 atom stereocenters. The van der Waals surface area contributed by atoms with Crippen molar-refractivity contribution in [1.29, 1.82) is 0 Å². The second-order valence-electron chi connectivity index (χ2n) is 6.30. The number of aromatic nitrogens is 2. The summed E-state index contributed by atoms with van der Waals surface area (Å²) >= 11 is 1.50. The Bertz CT molecular complexity index is 566. The number of aryl methyl sites for hydroxylation is 1. The summed E-state index contributed by atoms with van der Waals surface area (Å²) < 4.78 is 4.13. The number of hydrogen-bond acceptors (Lipinski definition) is 4. The van der Waals surface area contributed by atoms with Crippen LogP contribution in [0.4, 0.5) is 0 Å². The molecule has 0 fully saturated rings. The van der Waals surface area contributed by atoms with Gasteiger partial charge in [-0.3, -0.25) is 0 Å². The minimum absolute atomic E-state index is 0.187. The molecule has 0 bridgehead atoms. The lowest BCUT2D eigenvalue weighted by molar-refractivity contribution is 0.588. The molecule has 0 saturated heterocycles. The molecule has 1 unspecified atom stereocenters. The maximum atomic E-state index is 4.25. The highest BCUT2D eigenvalue weighted by atomic mass is 32.1. The van der Waals surface area contributed by atoms with Crippen molar-refractivity contribution in [2.24, 2.45) is 0 Å². The Morgan fingerprint density at radius 2 is 1.81 bits per heavy atom. The van der Waals surface area contributed by atoms with Crippen molar-refractivity contribution < 1.29 is 0 Å². The van der Waals surface area contributed by atoms with Crippen molar-refractivity contribution in [2.75, 3.05) is 6.54 Å². The summed E-state index contributed by atoms with van der Waals surface area (Å²) in [6.45, 7) is 11.9. The predicted molar refractivity (Wildman–Crippen MR) is 89.9 cm³/mol. The standard InChI is InChI=1S/C17H25N3S/c1-6-14-16(21-20-19-14)15(18-7-2)12-8-10-13(11-9-12)17(3,4)5/h8-11,15,18H,6-7H2,1-5H3. The third-order valence-corrected chi connectivity index (χ3v) is 4.53. The second kappa shape index (κ2) is 6.67. The smallest absolute Gasteiger partial charge is 0.0804 e. The van der Waals surface area contributed by atoms with Crippen LogP contribution in [0.2, 0.25) is 0 Å². The summed E-state index contributed by atoms with van der Waals surface area (Å²) in [5.41, 5.74) is 3.93. The maximum Gasteiger partial charge on any atom is 0.0804 e. The third kappa shape index (κ3) is 3.69. The van der Waals surface area contributed by atoms with Crippen molar-refractivity contribution in [1.82, 2.24) is 14.9 Å². The molecule has 114 valence electrons. The zero-order chi connectivity index (χ0) is 15.5. The summed E-state index contributed by atoms with van der Waals surface area (Å²) in [4.78, 5) is 1.24. The molecule has 1 heterocycles. The Kier molecular flexibility index (Phi) is 5.12. The van der Waals surface area contributed by atoms with Gasteiger partial charge in [0.1, 0.15) is 0 Å². The molecule has 1 N–H and O–H groups in total. The van der Waals surface area contributed by atoms with Crippen molar-refractivity contribution in [2.45, 2.75) is 52.5 Å². The lowest BCUT2D eigenvalue weighted by Gasteiger charge is -2.22. The van der Waals surface area contributed by atoms with Crippen molar-refractivity contribution >= 4 is 11.5 Å². The zero-order valence-electron chi connectivity index (χ0n) is 13.6. The Balaban J connectivity index is 2.35. The van der Waals surface area contributed by atoms with E-state index in [9.17, 15) is 0 Å². The molecule has 0 spiro atoms. The molecule has 21 heavy (non-hydrogen) atoms. The summed E-state index contributed by atoms with van der Waals surface area (Å²) in [5.74, 6) is 0. The van der Waals surface area contributed by atoms with Crippen LogP contribution in [0.1, 0.15) is 62.4 Å². The van der Waals surface area contributed by atoms with Crippen LogP contribution in [-0.2, 0) is 11.8 Å². The van der Waals surface area contributed by atoms with Gasteiger partial charge in [-0.25, -0.2) is 0 Å².